The first-order valence-corrected chi connectivity index (χ1v) is 7.87. The molecule has 2 amide bonds. The molecule has 118 valence electrons. The highest BCUT2D eigenvalue weighted by atomic mass is 127. The lowest BCUT2D eigenvalue weighted by Crippen LogP contribution is -2.43. The lowest BCUT2D eigenvalue weighted by molar-refractivity contribution is -0.130. The van der Waals surface area contributed by atoms with Crippen LogP contribution < -0.4 is 5.32 Å². The standard InChI is InChI=1S/C15H15F2IN2O2/c1-2-12(21)20-7-3-4-9(8-20)15(22)19-11-6-5-10(16)14(18)13(11)17/h2,5-6,9H,1,3-4,7-8H2,(H,19,22). The van der Waals surface area contributed by atoms with Gasteiger partial charge >= 0.3 is 0 Å². The molecule has 1 fully saturated rings. The van der Waals surface area contributed by atoms with Gasteiger partial charge in [0.05, 0.1) is 15.2 Å². The number of hydrogen-bond donors (Lipinski definition) is 1. The van der Waals surface area contributed by atoms with Crippen molar-refractivity contribution in [2.75, 3.05) is 18.4 Å². The molecule has 0 aromatic heterocycles. The molecule has 7 heteroatoms. The highest BCUT2D eigenvalue weighted by molar-refractivity contribution is 14.1. The lowest BCUT2D eigenvalue weighted by atomic mass is 9.97. The van der Waals surface area contributed by atoms with E-state index in [-0.39, 0.29) is 27.6 Å². The van der Waals surface area contributed by atoms with E-state index < -0.39 is 17.6 Å². The van der Waals surface area contributed by atoms with E-state index in [9.17, 15) is 18.4 Å². The number of anilines is 1. The van der Waals surface area contributed by atoms with Gasteiger partial charge in [-0.05, 0) is 53.6 Å². The number of nitrogens with zero attached hydrogens (tertiary/aromatic N) is 1. The Labute approximate surface area is 140 Å². The topological polar surface area (TPSA) is 49.4 Å². The van der Waals surface area contributed by atoms with Crippen molar-refractivity contribution in [2.45, 2.75) is 12.8 Å². The SMILES string of the molecule is C=CC(=O)N1CCCC(C(=O)Nc2ccc(F)c(I)c2F)C1. The minimum absolute atomic E-state index is 0.0528. The molecule has 0 aliphatic carbocycles. The van der Waals surface area contributed by atoms with Gasteiger partial charge in [-0.25, -0.2) is 8.78 Å². The van der Waals surface area contributed by atoms with E-state index in [0.717, 1.165) is 6.07 Å². The number of halogens is 3. The number of carbonyl (C=O) groups is 2. The summed E-state index contributed by atoms with van der Waals surface area (Å²) in [7, 11) is 0. The maximum Gasteiger partial charge on any atom is 0.245 e. The van der Waals surface area contributed by atoms with E-state index in [0.29, 0.717) is 19.4 Å². The lowest BCUT2D eigenvalue weighted by Gasteiger charge is -2.31. The van der Waals surface area contributed by atoms with Crippen molar-refractivity contribution in [3.8, 4) is 0 Å². The fourth-order valence-electron chi connectivity index (χ4n) is 2.38. The van der Waals surface area contributed by atoms with Crippen LogP contribution in [0.3, 0.4) is 0 Å². The van der Waals surface area contributed by atoms with Crippen LogP contribution in [0, 0.1) is 21.1 Å². The Morgan fingerprint density at radius 3 is 2.82 bits per heavy atom. The Morgan fingerprint density at radius 1 is 1.41 bits per heavy atom. The molecule has 0 radical (unpaired) electrons. The summed E-state index contributed by atoms with van der Waals surface area (Å²) in [6.07, 6.45) is 2.52. The summed E-state index contributed by atoms with van der Waals surface area (Å²) >= 11 is 1.55. The summed E-state index contributed by atoms with van der Waals surface area (Å²) in [5, 5.41) is 2.48. The van der Waals surface area contributed by atoms with Gasteiger partial charge in [-0.15, -0.1) is 0 Å². The van der Waals surface area contributed by atoms with Gasteiger partial charge in [0.1, 0.15) is 5.82 Å². The molecular weight excluding hydrogens is 405 g/mol. The van der Waals surface area contributed by atoms with Crippen molar-refractivity contribution in [2.24, 2.45) is 5.92 Å². The van der Waals surface area contributed by atoms with E-state index in [1.54, 1.807) is 27.5 Å². The Morgan fingerprint density at radius 2 is 2.14 bits per heavy atom. The molecule has 1 saturated heterocycles. The van der Waals surface area contributed by atoms with Crippen molar-refractivity contribution in [1.82, 2.24) is 4.90 Å². The number of nitrogens with one attached hydrogen (secondary N) is 1. The third kappa shape index (κ3) is 3.63. The molecule has 0 spiro atoms. The number of hydrogen-bond acceptors (Lipinski definition) is 2. The van der Waals surface area contributed by atoms with Crippen LogP contribution in [0.2, 0.25) is 0 Å². The summed E-state index contributed by atoms with van der Waals surface area (Å²) < 4.78 is 27.0. The second kappa shape index (κ2) is 7.17. The highest BCUT2D eigenvalue weighted by Gasteiger charge is 2.28. The van der Waals surface area contributed by atoms with Gasteiger partial charge in [-0.1, -0.05) is 6.58 Å². The third-order valence-corrected chi connectivity index (χ3v) is 4.56. The quantitative estimate of drug-likeness (QED) is 0.465. The summed E-state index contributed by atoms with van der Waals surface area (Å²) in [6.45, 7) is 4.28. The van der Waals surface area contributed by atoms with Crippen LogP contribution in [0.15, 0.2) is 24.8 Å². The van der Waals surface area contributed by atoms with Gasteiger partial charge in [0.2, 0.25) is 11.8 Å². The van der Waals surface area contributed by atoms with E-state index in [2.05, 4.69) is 11.9 Å². The predicted octanol–water partition coefficient (Wildman–Crippen LogP) is 2.93. The average Bonchev–Trinajstić information content (AvgIpc) is 2.54. The molecule has 22 heavy (non-hydrogen) atoms. The fourth-order valence-corrected chi connectivity index (χ4v) is 2.85. The van der Waals surface area contributed by atoms with Crippen molar-refractivity contribution < 1.29 is 18.4 Å². The molecular formula is C15H15F2IN2O2. The van der Waals surface area contributed by atoms with Gasteiger partial charge in [0.15, 0.2) is 5.82 Å². The van der Waals surface area contributed by atoms with Crippen molar-refractivity contribution >= 4 is 40.1 Å². The zero-order valence-corrected chi connectivity index (χ0v) is 13.9. The number of piperidine rings is 1. The molecule has 1 aliphatic heterocycles. The Kier molecular flexibility index (Phi) is 5.49. The number of carbonyl (C=O) groups excluding carboxylic acids is 2. The zero-order chi connectivity index (χ0) is 16.3. The third-order valence-electron chi connectivity index (χ3n) is 3.57. The minimum atomic E-state index is -0.788. The molecule has 1 heterocycles. The normalized spacial score (nSPS) is 18.0. The maximum atomic E-state index is 13.9. The molecule has 1 atom stereocenters. The molecule has 0 saturated carbocycles. The fraction of sp³-hybridized carbons (Fsp3) is 0.333. The first kappa shape index (κ1) is 16.9. The van der Waals surface area contributed by atoms with Crippen LogP contribution in [-0.4, -0.2) is 29.8 Å². The van der Waals surface area contributed by atoms with Gasteiger partial charge in [-0.2, -0.15) is 0 Å². The Hall–Kier alpha value is -1.51. The van der Waals surface area contributed by atoms with Crippen LogP contribution in [0.25, 0.3) is 0 Å². The summed E-state index contributed by atoms with van der Waals surface area (Å²) in [4.78, 5) is 25.4. The highest BCUT2D eigenvalue weighted by Crippen LogP contribution is 2.24. The van der Waals surface area contributed by atoms with Crippen LogP contribution in [0.1, 0.15) is 12.8 Å². The minimum Gasteiger partial charge on any atom is -0.338 e. The number of benzene rings is 1. The molecule has 1 aromatic carbocycles. The first-order chi connectivity index (χ1) is 10.4. The predicted molar refractivity (Wildman–Crippen MR) is 87.2 cm³/mol. The number of likely N-dealkylation sites (tertiary alicyclic amines) is 1. The number of rotatable bonds is 3. The summed E-state index contributed by atoms with van der Waals surface area (Å²) in [6, 6.07) is 2.30. The molecule has 1 unspecified atom stereocenters. The average molecular weight is 420 g/mol. The van der Waals surface area contributed by atoms with E-state index >= 15 is 0 Å². The summed E-state index contributed by atoms with van der Waals surface area (Å²) in [5.74, 6) is -2.47. The molecule has 2 rings (SSSR count). The second-order valence-corrected chi connectivity index (χ2v) is 6.12. The van der Waals surface area contributed by atoms with Crippen LogP contribution in [0.5, 0.6) is 0 Å². The van der Waals surface area contributed by atoms with E-state index in [1.807, 2.05) is 0 Å². The Bertz CT molecular complexity index is 622. The van der Waals surface area contributed by atoms with Crippen LogP contribution in [-0.2, 0) is 9.59 Å². The molecule has 1 N–H and O–H groups in total. The van der Waals surface area contributed by atoms with Gasteiger partial charge in [0.25, 0.3) is 0 Å². The van der Waals surface area contributed by atoms with Crippen molar-refractivity contribution in [3.63, 3.8) is 0 Å². The summed E-state index contributed by atoms with van der Waals surface area (Å²) in [5.41, 5.74) is -0.0528. The molecule has 4 nitrogen and oxygen atoms in total. The molecule has 1 aromatic rings. The monoisotopic (exact) mass is 420 g/mol. The van der Waals surface area contributed by atoms with Crippen molar-refractivity contribution in [1.29, 1.82) is 0 Å². The second-order valence-electron chi connectivity index (χ2n) is 5.04. The smallest absolute Gasteiger partial charge is 0.245 e. The maximum absolute atomic E-state index is 13.9. The van der Waals surface area contributed by atoms with Crippen LogP contribution in [0.4, 0.5) is 14.5 Å². The van der Waals surface area contributed by atoms with Crippen molar-refractivity contribution in [3.05, 3.63) is 40.0 Å². The number of amides is 2. The Balaban J connectivity index is 2.07. The van der Waals surface area contributed by atoms with Gasteiger partial charge in [-0.3, -0.25) is 9.59 Å². The van der Waals surface area contributed by atoms with Crippen LogP contribution >= 0.6 is 22.6 Å². The van der Waals surface area contributed by atoms with Gasteiger partial charge in [0, 0.05) is 13.1 Å². The van der Waals surface area contributed by atoms with E-state index in [1.165, 1.54) is 12.1 Å². The largest absolute Gasteiger partial charge is 0.338 e. The molecule has 0 bridgehead atoms. The molecule has 1 aliphatic rings. The zero-order valence-electron chi connectivity index (χ0n) is 11.7. The van der Waals surface area contributed by atoms with Gasteiger partial charge < -0.3 is 10.2 Å². The van der Waals surface area contributed by atoms with E-state index in [4.69, 9.17) is 0 Å². The first-order valence-electron chi connectivity index (χ1n) is 6.79.